The SMILES string of the molecule is CCCCCCCCCCCCCCCCOc1ccc(CN(C(C)=O)c2cccc(Cc3[nH]cc4cccc[n+]34)c2)cc1Cl.[Br-]. The monoisotopic (exact) mass is 709 g/mol. The molecule has 250 valence electrons. The summed E-state index contributed by atoms with van der Waals surface area (Å²) in [5, 5.41) is 0.589. The predicted molar refractivity (Wildman–Crippen MR) is 187 cm³/mol. The summed E-state index contributed by atoms with van der Waals surface area (Å²) in [5.74, 6) is 1.79. The van der Waals surface area contributed by atoms with Crippen molar-refractivity contribution >= 4 is 28.7 Å². The molecule has 0 radical (unpaired) electrons. The summed E-state index contributed by atoms with van der Waals surface area (Å²) in [6, 6.07) is 20.2. The summed E-state index contributed by atoms with van der Waals surface area (Å²) >= 11 is 6.62. The van der Waals surface area contributed by atoms with Gasteiger partial charge in [-0.25, -0.2) is 4.98 Å². The quantitative estimate of drug-likeness (QED) is 0.0724. The maximum Gasteiger partial charge on any atom is 0.263 e. The van der Waals surface area contributed by atoms with Gasteiger partial charge in [-0.1, -0.05) is 126 Å². The number of unbranched alkanes of at least 4 members (excludes halogenated alkanes) is 13. The van der Waals surface area contributed by atoms with Gasteiger partial charge in [-0.2, -0.15) is 4.40 Å². The molecule has 0 bridgehead atoms. The summed E-state index contributed by atoms with van der Waals surface area (Å²) in [5.41, 5.74) is 4.09. The highest BCUT2D eigenvalue weighted by atomic mass is 79.9. The van der Waals surface area contributed by atoms with Crippen LogP contribution in [0.1, 0.15) is 121 Å². The molecule has 1 amide bonds. The van der Waals surface area contributed by atoms with Gasteiger partial charge in [-0.15, -0.1) is 0 Å². The van der Waals surface area contributed by atoms with Crippen LogP contribution in [0.4, 0.5) is 5.69 Å². The van der Waals surface area contributed by atoms with Gasteiger partial charge in [0.15, 0.2) is 5.52 Å². The number of aromatic amines is 1. The number of H-pyrrole nitrogens is 1. The van der Waals surface area contributed by atoms with Gasteiger partial charge in [-0.05, 0) is 53.9 Å². The van der Waals surface area contributed by atoms with Crippen molar-refractivity contribution in [2.24, 2.45) is 0 Å². The van der Waals surface area contributed by atoms with Gasteiger partial charge in [0.1, 0.15) is 11.9 Å². The molecule has 5 nitrogen and oxygen atoms in total. The standard InChI is InChI=1S/C39H52ClN3O2.BrH/c1-3-4-5-6-7-8-9-10-11-12-13-14-15-18-26-45-38-24-23-34(28-37(38)40)31-43(32(2)44)35-22-19-20-33(27-35)29-39-41-30-36-21-16-17-25-42(36)39;/h16-17,19-25,27-28,30H,3-15,18,26,29,31H2,1-2H3;1H. The third kappa shape index (κ3) is 12.4. The van der Waals surface area contributed by atoms with E-state index in [1.807, 2.05) is 48.7 Å². The summed E-state index contributed by atoms with van der Waals surface area (Å²) in [6.07, 6.45) is 23.6. The van der Waals surface area contributed by atoms with Crippen LogP contribution in [0, 0.1) is 0 Å². The van der Waals surface area contributed by atoms with Crippen LogP contribution in [0.5, 0.6) is 5.75 Å². The first-order valence-electron chi connectivity index (χ1n) is 17.3. The molecule has 2 aromatic carbocycles. The molecule has 2 aromatic heterocycles. The number of carbonyl (C=O) groups excluding carboxylic acids is 1. The second kappa shape index (κ2) is 21.1. The number of nitrogens with one attached hydrogen (secondary N) is 1. The number of fused-ring (bicyclic) bond motifs is 1. The smallest absolute Gasteiger partial charge is 0.263 e. The van der Waals surface area contributed by atoms with Crippen LogP contribution in [0.3, 0.4) is 0 Å². The number of hydrogen-bond donors (Lipinski definition) is 1. The van der Waals surface area contributed by atoms with Gasteiger partial charge in [0.2, 0.25) is 5.91 Å². The molecular weight excluding hydrogens is 658 g/mol. The fraction of sp³-hybridized carbons (Fsp3) is 0.487. The lowest BCUT2D eigenvalue weighted by atomic mass is 10.0. The highest BCUT2D eigenvalue weighted by molar-refractivity contribution is 6.32. The molecule has 0 aliphatic heterocycles. The number of rotatable bonds is 21. The van der Waals surface area contributed by atoms with E-state index in [2.05, 4.69) is 40.7 Å². The summed E-state index contributed by atoms with van der Waals surface area (Å²) < 4.78 is 8.17. The van der Waals surface area contributed by atoms with E-state index in [4.69, 9.17) is 16.3 Å². The number of carbonyl (C=O) groups is 1. The fourth-order valence-electron chi connectivity index (χ4n) is 6.02. The molecule has 0 saturated heterocycles. The molecular formula is C39H53BrClN3O2. The Labute approximate surface area is 292 Å². The highest BCUT2D eigenvalue weighted by Crippen LogP contribution is 2.28. The zero-order valence-corrected chi connectivity index (χ0v) is 30.3. The minimum atomic E-state index is -0.0129. The maximum absolute atomic E-state index is 12.7. The van der Waals surface area contributed by atoms with Crippen LogP contribution < -0.4 is 31.0 Å². The molecule has 4 rings (SSSR count). The number of benzene rings is 2. The van der Waals surface area contributed by atoms with Crippen molar-refractivity contribution in [3.63, 3.8) is 0 Å². The Morgan fingerprint density at radius 3 is 2.13 bits per heavy atom. The predicted octanol–water partition coefficient (Wildman–Crippen LogP) is 7.41. The number of nitrogens with zero attached hydrogens (tertiary/aromatic N) is 2. The molecule has 2 heterocycles. The molecule has 1 N–H and O–H groups in total. The van der Waals surface area contributed by atoms with Crippen molar-refractivity contribution in [1.29, 1.82) is 0 Å². The number of amides is 1. The second-order valence-corrected chi connectivity index (χ2v) is 12.8. The van der Waals surface area contributed by atoms with Crippen LogP contribution in [0.25, 0.3) is 5.52 Å². The van der Waals surface area contributed by atoms with Crippen molar-refractivity contribution in [3.8, 4) is 5.75 Å². The van der Waals surface area contributed by atoms with Crippen molar-refractivity contribution in [1.82, 2.24) is 4.98 Å². The van der Waals surface area contributed by atoms with E-state index < -0.39 is 0 Å². The Hall–Kier alpha value is -2.83. The number of pyridine rings is 1. The van der Waals surface area contributed by atoms with Crippen molar-refractivity contribution < 1.29 is 30.9 Å². The van der Waals surface area contributed by atoms with Gasteiger partial charge in [-0.3, -0.25) is 4.79 Å². The molecule has 0 unspecified atom stereocenters. The minimum absolute atomic E-state index is 0. The van der Waals surface area contributed by atoms with Crippen LogP contribution in [0.2, 0.25) is 5.02 Å². The average molecular weight is 711 g/mol. The van der Waals surface area contributed by atoms with E-state index in [1.165, 1.54) is 83.5 Å². The van der Waals surface area contributed by atoms with Crippen molar-refractivity contribution in [2.45, 2.75) is 117 Å². The molecule has 0 fully saturated rings. The topological polar surface area (TPSA) is 49.4 Å². The molecule has 0 saturated carbocycles. The third-order valence-corrected chi connectivity index (χ3v) is 8.93. The van der Waals surface area contributed by atoms with Gasteiger partial charge >= 0.3 is 0 Å². The largest absolute Gasteiger partial charge is 1.00 e. The lowest BCUT2D eigenvalue weighted by molar-refractivity contribution is -0.520. The van der Waals surface area contributed by atoms with Gasteiger partial charge in [0, 0.05) is 12.6 Å². The van der Waals surface area contributed by atoms with E-state index >= 15 is 0 Å². The van der Waals surface area contributed by atoms with Gasteiger partial charge in [0.25, 0.3) is 5.82 Å². The normalized spacial score (nSPS) is 11.0. The van der Waals surface area contributed by atoms with Gasteiger partial charge < -0.3 is 26.6 Å². The fourth-order valence-corrected chi connectivity index (χ4v) is 6.27. The Morgan fingerprint density at radius 2 is 1.48 bits per heavy atom. The van der Waals surface area contributed by atoms with E-state index in [9.17, 15) is 4.79 Å². The number of imidazole rings is 1. The van der Waals surface area contributed by atoms with Crippen molar-refractivity contribution in [3.05, 3.63) is 95.0 Å². The lowest BCUT2D eigenvalue weighted by Gasteiger charge is -2.22. The van der Waals surface area contributed by atoms with E-state index in [1.54, 1.807) is 11.8 Å². The summed E-state index contributed by atoms with van der Waals surface area (Å²) in [6.45, 7) is 5.01. The van der Waals surface area contributed by atoms with E-state index in [-0.39, 0.29) is 22.9 Å². The van der Waals surface area contributed by atoms with Crippen molar-refractivity contribution in [2.75, 3.05) is 11.5 Å². The Morgan fingerprint density at radius 1 is 0.804 bits per heavy atom. The number of aromatic nitrogens is 2. The Kier molecular flexibility index (Phi) is 17.3. The number of hydrogen-bond acceptors (Lipinski definition) is 2. The zero-order valence-electron chi connectivity index (χ0n) is 27.9. The molecule has 0 spiro atoms. The molecule has 4 aromatic rings. The van der Waals surface area contributed by atoms with Crippen LogP contribution in [0.15, 0.2) is 73.1 Å². The molecule has 0 atom stereocenters. The summed E-state index contributed by atoms with van der Waals surface area (Å²) in [4.78, 5) is 17.9. The van der Waals surface area contributed by atoms with E-state index in [0.29, 0.717) is 23.9 Å². The highest BCUT2D eigenvalue weighted by Gasteiger charge is 2.16. The van der Waals surface area contributed by atoms with E-state index in [0.717, 1.165) is 41.0 Å². The molecule has 46 heavy (non-hydrogen) atoms. The molecule has 0 aliphatic rings. The second-order valence-electron chi connectivity index (χ2n) is 12.4. The number of ether oxygens (including phenoxy) is 1. The lowest BCUT2D eigenvalue weighted by Crippen LogP contribution is -3.00. The number of halogens is 2. The van der Waals surface area contributed by atoms with Gasteiger partial charge in [0.05, 0.1) is 30.8 Å². The third-order valence-electron chi connectivity index (χ3n) is 8.64. The molecule has 0 aliphatic carbocycles. The van der Waals surface area contributed by atoms with Crippen LogP contribution in [-0.4, -0.2) is 17.5 Å². The summed E-state index contributed by atoms with van der Waals surface area (Å²) in [7, 11) is 0. The van der Waals surface area contributed by atoms with Crippen LogP contribution in [-0.2, 0) is 17.8 Å². The Balaban J connectivity index is 0.00000576. The first-order chi connectivity index (χ1) is 22.0. The first-order valence-corrected chi connectivity index (χ1v) is 17.7. The zero-order chi connectivity index (χ0) is 31.7. The van der Waals surface area contributed by atoms with Crippen LogP contribution >= 0.6 is 11.6 Å². The maximum atomic E-state index is 12.7. The average Bonchev–Trinajstić information content (AvgIpc) is 3.45. The molecule has 7 heteroatoms. The Bertz CT molecular complexity index is 1460. The minimum Gasteiger partial charge on any atom is -1.00 e. The first kappa shape index (κ1) is 37.6. The number of anilines is 1.